The summed E-state index contributed by atoms with van der Waals surface area (Å²) in [5, 5.41) is 20.2. The second-order valence-corrected chi connectivity index (χ2v) is 7.34. The minimum absolute atomic E-state index is 0.154. The van der Waals surface area contributed by atoms with E-state index >= 15 is 0 Å². The fraction of sp³-hybridized carbons (Fsp3) is 0.188. The molecule has 0 aliphatic carbocycles. The first-order chi connectivity index (χ1) is 13.1. The molecule has 2 heterocycles. The molecule has 1 aromatic carbocycles. The number of nitrogens with one attached hydrogen (secondary N) is 1. The molecule has 0 bridgehead atoms. The van der Waals surface area contributed by atoms with E-state index < -0.39 is 0 Å². The Balaban J connectivity index is 1.82. The lowest BCUT2D eigenvalue weighted by Gasteiger charge is -2.11. The number of hydrogen-bond acceptors (Lipinski definition) is 8. The SMILES string of the molecule is C=CCn1c(SCC(=O)Nc2nncs2)nnc1-c1cc(Cl)ccc1OC. The molecule has 0 saturated carbocycles. The minimum atomic E-state index is -0.202. The monoisotopic (exact) mass is 422 g/mol. The molecule has 0 aliphatic rings. The van der Waals surface area contributed by atoms with E-state index in [4.69, 9.17) is 16.3 Å². The highest BCUT2D eigenvalue weighted by Crippen LogP contribution is 2.33. The number of halogens is 1. The van der Waals surface area contributed by atoms with Gasteiger partial charge in [0.2, 0.25) is 11.0 Å². The van der Waals surface area contributed by atoms with Gasteiger partial charge in [0.05, 0.1) is 18.4 Å². The van der Waals surface area contributed by atoms with E-state index in [1.807, 2.05) is 4.57 Å². The average molecular weight is 423 g/mol. The summed E-state index contributed by atoms with van der Waals surface area (Å²) in [5.41, 5.74) is 2.26. The van der Waals surface area contributed by atoms with Gasteiger partial charge in [0, 0.05) is 11.6 Å². The highest BCUT2D eigenvalue weighted by atomic mass is 35.5. The lowest BCUT2D eigenvalue weighted by molar-refractivity contribution is -0.113. The zero-order chi connectivity index (χ0) is 19.2. The number of methoxy groups -OCH3 is 1. The summed E-state index contributed by atoms with van der Waals surface area (Å²) in [6.45, 7) is 4.25. The van der Waals surface area contributed by atoms with Gasteiger partial charge in [-0.25, -0.2) is 0 Å². The van der Waals surface area contributed by atoms with Crippen LogP contribution in [0.4, 0.5) is 5.13 Å². The number of thioether (sulfide) groups is 1. The van der Waals surface area contributed by atoms with E-state index in [-0.39, 0.29) is 11.7 Å². The molecule has 11 heteroatoms. The molecule has 3 rings (SSSR count). The standard InChI is InChI=1S/C16H15ClN6O2S2/c1-3-6-23-14(11-7-10(17)4-5-12(11)25-2)20-22-16(23)26-8-13(24)19-15-21-18-9-27-15/h3-5,7,9H,1,6,8H2,2H3,(H,19,21,24). The van der Waals surface area contributed by atoms with Crippen molar-refractivity contribution in [1.29, 1.82) is 0 Å². The van der Waals surface area contributed by atoms with E-state index in [0.717, 1.165) is 0 Å². The van der Waals surface area contributed by atoms with Crippen LogP contribution in [0, 0.1) is 0 Å². The normalized spacial score (nSPS) is 10.6. The number of carbonyl (C=O) groups excluding carboxylic acids is 1. The molecule has 0 spiro atoms. The van der Waals surface area contributed by atoms with Gasteiger partial charge in [-0.3, -0.25) is 14.7 Å². The molecule has 8 nitrogen and oxygen atoms in total. The van der Waals surface area contributed by atoms with Crippen LogP contribution in [-0.4, -0.2) is 43.7 Å². The topological polar surface area (TPSA) is 94.8 Å². The summed E-state index contributed by atoms with van der Waals surface area (Å²) < 4.78 is 7.26. The van der Waals surface area contributed by atoms with Crippen molar-refractivity contribution in [3.05, 3.63) is 41.4 Å². The molecule has 0 aliphatic heterocycles. The number of aromatic nitrogens is 5. The number of amides is 1. The highest BCUT2D eigenvalue weighted by molar-refractivity contribution is 7.99. The van der Waals surface area contributed by atoms with Crippen molar-refractivity contribution in [3.63, 3.8) is 0 Å². The Morgan fingerprint density at radius 2 is 2.30 bits per heavy atom. The van der Waals surface area contributed by atoms with Gasteiger partial charge in [0.1, 0.15) is 11.3 Å². The Morgan fingerprint density at radius 3 is 3.00 bits per heavy atom. The first kappa shape index (κ1) is 19.3. The van der Waals surface area contributed by atoms with Gasteiger partial charge >= 0.3 is 0 Å². The quantitative estimate of drug-likeness (QED) is 0.439. The number of ether oxygens (including phenoxy) is 1. The van der Waals surface area contributed by atoms with E-state index in [0.29, 0.717) is 39.0 Å². The molecule has 1 N–H and O–H groups in total. The van der Waals surface area contributed by atoms with Gasteiger partial charge in [-0.2, -0.15) is 0 Å². The lowest BCUT2D eigenvalue weighted by atomic mass is 10.2. The smallest absolute Gasteiger partial charge is 0.236 e. The molecule has 0 radical (unpaired) electrons. The van der Waals surface area contributed by atoms with Gasteiger partial charge in [-0.1, -0.05) is 40.8 Å². The van der Waals surface area contributed by atoms with Gasteiger partial charge in [-0.05, 0) is 18.2 Å². The van der Waals surface area contributed by atoms with Crippen LogP contribution in [0.25, 0.3) is 11.4 Å². The number of nitrogens with zero attached hydrogens (tertiary/aromatic N) is 5. The molecule has 0 atom stereocenters. The first-order valence-electron chi connectivity index (χ1n) is 7.69. The summed E-state index contributed by atoms with van der Waals surface area (Å²) in [4.78, 5) is 12.1. The highest BCUT2D eigenvalue weighted by Gasteiger charge is 2.18. The molecule has 140 valence electrons. The summed E-state index contributed by atoms with van der Waals surface area (Å²) in [7, 11) is 1.58. The largest absolute Gasteiger partial charge is 0.496 e. The molecular formula is C16H15ClN6O2S2. The first-order valence-corrected chi connectivity index (χ1v) is 9.93. The van der Waals surface area contributed by atoms with Crippen LogP contribution in [0.15, 0.2) is 41.5 Å². The number of carbonyl (C=O) groups is 1. The number of benzene rings is 1. The zero-order valence-corrected chi connectivity index (χ0v) is 16.6. The maximum atomic E-state index is 12.1. The molecule has 27 heavy (non-hydrogen) atoms. The van der Waals surface area contributed by atoms with Crippen LogP contribution in [-0.2, 0) is 11.3 Å². The zero-order valence-electron chi connectivity index (χ0n) is 14.3. The van der Waals surface area contributed by atoms with Crippen molar-refractivity contribution in [3.8, 4) is 17.1 Å². The second-order valence-electron chi connectivity index (χ2n) is 5.13. The predicted octanol–water partition coefficient (Wildman–Crippen LogP) is 3.38. The van der Waals surface area contributed by atoms with Crippen LogP contribution >= 0.6 is 34.7 Å². The van der Waals surface area contributed by atoms with Crippen LogP contribution in [0.2, 0.25) is 5.02 Å². The van der Waals surface area contributed by atoms with Crippen molar-refractivity contribution in [2.24, 2.45) is 0 Å². The van der Waals surface area contributed by atoms with Crippen molar-refractivity contribution in [2.75, 3.05) is 18.2 Å². The average Bonchev–Trinajstić information content (AvgIpc) is 3.30. The van der Waals surface area contributed by atoms with Crippen LogP contribution in [0.3, 0.4) is 0 Å². The fourth-order valence-corrected chi connectivity index (χ4v) is 3.64. The summed E-state index contributed by atoms with van der Waals surface area (Å²) in [6.07, 6.45) is 1.73. The maximum Gasteiger partial charge on any atom is 0.236 e. The van der Waals surface area contributed by atoms with E-state index in [1.54, 1.807) is 36.9 Å². The van der Waals surface area contributed by atoms with E-state index in [9.17, 15) is 4.79 Å². The summed E-state index contributed by atoms with van der Waals surface area (Å²) in [5.74, 6) is 1.16. The maximum absolute atomic E-state index is 12.1. The summed E-state index contributed by atoms with van der Waals surface area (Å²) in [6, 6.07) is 5.28. The molecule has 0 unspecified atom stereocenters. The lowest BCUT2D eigenvalue weighted by Crippen LogP contribution is -2.14. The van der Waals surface area contributed by atoms with Crippen LogP contribution < -0.4 is 10.1 Å². The third kappa shape index (κ3) is 4.65. The fourth-order valence-electron chi connectivity index (χ4n) is 2.26. The van der Waals surface area contributed by atoms with Crippen molar-refractivity contribution < 1.29 is 9.53 Å². The van der Waals surface area contributed by atoms with Gasteiger partial charge in [0.25, 0.3) is 0 Å². The third-order valence-corrected chi connectivity index (χ3v) is 5.18. The molecule has 1 amide bonds. The van der Waals surface area contributed by atoms with Gasteiger partial charge in [0.15, 0.2) is 11.0 Å². The van der Waals surface area contributed by atoms with E-state index in [1.165, 1.54) is 23.1 Å². The molecular weight excluding hydrogens is 408 g/mol. The Bertz CT molecular complexity index is 945. The number of allylic oxidation sites excluding steroid dienone is 1. The predicted molar refractivity (Wildman–Crippen MR) is 106 cm³/mol. The van der Waals surface area contributed by atoms with E-state index in [2.05, 4.69) is 32.3 Å². The van der Waals surface area contributed by atoms with Crippen LogP contribution in [0.5, 0.6) is 5.75 Å². The number of hydrogen-bond donors (Lipinski definition) is 1. The van der Waals surface area contributed by atoms with Gasteiger partial charge < -0.3 is 4.74 Å². The van der Waals surface area contributed by atoms with Crippen molar-refractivity contribution in [1.82, 2.24) is 25.0 Å². The molecule has 0 saturated heterocycles. The molecule has 2 aromatic heterocycles. The third-order valence-electron chi connectivity index (χ3n) is 3.37. The van der Waals surface area contributed by atoms with Crippen LogP contribution in [0.1, 0.15) is 0 Å². The molecule has 3 aromatic rings. The number of rotatable bonds is 8. The number of anilines is 1. The second kappa shape index (κ2) is 8.98. The van der Waals surface area contributed by atoms with Gasteiger partial charge in [-0.15, -0.1) is 27.0 Å². The van der Waals surface area contributed by atoms with Crippen molar-refractivity contribution >= 4 is 45.7 Å². The molecule has 0 fully saturated rings. The summed E-state index contributed by atoms with van der Waals surface area (Å²) >= 11 is 8.65. The Hall–Kier alpha value is -2.43. The minimum Gasteiger partial charge on any atom is -0.496 e. The van der Waals surface area contributed by atoms with Crippen molar-refractivity contribution in [2.45, 2.75) is 11.7 Å². The Kier molecular flexibility index (Phi) is 6.43. The Labute approximate surface area is 168 Å². The Morgan fingerprint density at radius 1 is 1.44 bits per heavy atom.